The van der Waals surface area contributed by atoms with Crippen molar-refractivity contribution < 1.29 is 0 Å². The molecule has 0 radical (unpaired) electrons. The van der Waals surface area contributed by atoms with Gasteiger partial charge in [0.2, 0.25) is 0 Å². The zero-order valence-electron chi connectivity index (χ0n) is 14.9. The first kappa shape index (κ1) is 17.1. The van der Waals surface area contributed by atoms with Crippen LogP contribution in [0.4, 0.5) is 10.9 Å². The highest BCUT2D eigenvalue weighted by Gasteiger charge is 2.21. The standard InChI is InChI=1S/C18H23N7S/c1-24-7-4-19-17(24)12-25-6-2-3-14(11-25)9-15-10-16(22-13-21-15)23-18-20-5-8-26-18/h4-5,7-8,10,13-14H,2-3,6,9,11-12H2,1H3,(H,20,21,22,23). The smallest absolute Gasteiger partial charge is 0.188 e. The molecule has 1 aliphatic heterocycles. The van der Waals surface area contributed by atoms with E-state index in [9.17, 15) is 0 Å². The number of hydrogen-bond acceptors (Lipinski definition) is 7. The molecule has 0 bridgehead atoms. The summed E-state index contributed by atoms with van der Waals surface area (Å²) in [6, 6.07) is 2.04. The first-order valence-electron chi connectivity index (χ1n) is 8.92. The Balaban J connectivity index is 1.36. The lowest BCUT2D eigenvalue weighted by Crippen LogP contribution is -2.36. The highest BCUT2D eigenvalue weighted by Crippen LogP contribution is 2.23. The number of thiazole rings is 1. The van der Waals surface area contributed by atoms with Gasteiger partial charge in [0.15, 0.2) is 5.13 Å². The van der Waals surface area contributed by atoms with Crippen molar-refractivity contribution in [3.05, 3.63) is 47.9 Å². The van der Waals surface area contributed by atoms with Gasteiger partial charge >= 0.3 is 0 Å². The van der Waals surface area contributed by atoms with E-state index in [1.54, 1.807) is 23.9 Å². The maximum absolute atomic E-state index is 4.47. The van der Waals surface area contributed by atoms with E-state index in [1.807, 2.05) is 23.8 Å². The van der Waals surface area contributed by atoms with Crippen molar-refractivity contribution in [2.45, 2.75) is 25.8 Å². The second-order valence-corrected chi connectivity index (χ2v) is 7.65. The molecule has 1 N–H and O–H groups in total. The third-order valence-electron chi connectivity index (χ3n) is 4.78. The number of rotatable bonds is 6. The Morgan fingerprint density at radius 3 is 3.00 bits per heavy atom. The van der Waals surface area contributed by atoms with Crippen LogP contribution < -0.4 is 5.32 Å². The predicted molar refractivity (Wildman–Crippen MR) is 102 cm³/mol. The molecule has 3 aromatic rings. The Hall–Kier alpha value is -2.32. The van der Waals surface area contributed by atoms with Crippen molar-refractivity contribution in [1.29, 1.82) is 0 Å². The van der Waals surface area contributed by atoms with Crippen LogP contribution in [0.3, 0.4) is 0 Å². The second-order valence-electron chi connectivity index (χ2n) is 6.76. The van der Waals surface area contributed by atoms with E-state index >= 15 is 0 Å². The third kappa shape index (κ3) is 4.25. The molecule has 1 saturated heterocycles. The summed E-state index contributed by atoms with van der Waals surface area (Å²) >= 11 is 1.57. The average Bonchev–Trinajstić information content (AvgIpc) is 3.28. The molecule has 4 rings (SSSR count). The van der Waals surface area contributed by atoms with E-state index in [-0.39, 0.29) is 0 Å². The predicted octanol–water partition coefficient (Wildman–Crippen LogP) is 2.86. The van der Waals surface area contributed by atoms with Gasteiger partial charge in [-0.25, -0.2) is 19.9 Å². The summed E-state index contributed by atoms with van der Waals surface area (Å²) < 4.78 is 2.10. The van der Waals surface area contributed by atoms with E-state index in [0.29, 0.717) is 5.92 Å². The summed E-state index contributed by atoms with van der Waals surface area (Å²) in [5.41, 5.74) is 1.09. The van der Waals surface area contributed by atoms with Crippen molar-refractivity contribution in [1.82, 2.24) is 29.4 Å². The van der Waals surface area contributed by atoms with Gasteiger partial charge in [-0.3, -0.25) is 4.90 Å². The van der Waals surface area contributed by atoms with Crippen LogP contribution in [0, 0.1) is 5.92 Å². The summed E-state index contributed by atoms with van der Waals surface area (Å²) in [4.78, 5) is 20.0. The Bertz CT molecular complexity index is 830. The molecule has 1 fully saturated rings. The number of anilines is 2. The molecule has 136 valence electrons. The Kier molecular flexibility index (Phi) is 5.21. The lowest BCUT2D eigenvalue weighted by atomic mass is 9.93. The van der Waals surface area contributed by atoms with E-state index in [0.717, 1.165) is 48.5 Å². The molecular weight excluding hydrogens is 346 g/mol. The van der Waals surface area contributed by atoms with Gasteiger partial charge in [0.1, 0.15) is 18.0 Å². The Morgan fingerprint density at radius 1 is 1.23 bits per heavy atom. The Labute approximate surface area is 157 Å². The summed E-state index contributed by atoms with van der Waals surface area (Å²) in [7, 11) is 2.06. The third-order valence-corrected chi connectivity index (χ3v) is 5.47. The van der Waals surface area contributed by atoms with E-state index < -0.39 is 0 Å². The van der Waals surface area contributed by atoms with Crippen molar-refractivity contribution in [3.8, 4) is 0 Å². The molecule has 1 unspecified atom stereocenters. The first-order chi connectivity index (χ1) is 12.8. The maximum Gasteiger partial charge on any atom is 0.188 e. The van der Waals surface area contributed by atoms with Crippen LogP contribution in [-0.4, -0.2) is 42.5 Å². The molecular formula is C18H23N7S. The molecule has 0 spiro atoms. The number of likely N-dealkylation sites (tertiary alicyclic amines) is 1. The van der Waals surface area contributed by atoms with E-state index in [4.69, 9.17) is 0 Å². The average molecular weight is 369 g/mol. The summed E-state index contributed by atoms with van der Waals surface area (Å²) in [6.07, 6.45) is 10.8. The van der Waals surface area contributed by atoms with Crippen LogP contribution in [0.25, 0.3) is 0 Å². The zero-order chi connectivity index (χ0) is 17.8. The second kappa shape index (κ2) is 7.92. The monoisotopic (exact) mass is 369 g/mol. The number of nitrogens with one attached hydrogen (secondary N) is 1. The minimum Gasteiger partial charge on any atom is -0.337 e. The van der Waals surface area contributed by atoms with Gasteiger partial charge in [-0.15, -0.1) is 11.3 Å². The molecule has 7 nitrogen and oxygen atoms in total. The van der Waals surface area contributed by atoms with Crippen LogP contribution in [0.2, 0.25) is 0 Å². The summed E-state index contributed by atoms with van der Waals surface area (Å²) in [6.45, 7) is 3.15. The molecule has 3 aromatic heterocycles. The van der Waals surface area contributed by atoms with Crippen LogP contribution in [0.15, 0.2) is 36.4 Å². The summed E-state index contributed by atoms with van der Waals surface area (Å²) in [5, 5.41) is 6.04. The molecule has 26 heavy (non-hydrogen) atoms. The van der Waals surface area contributed by atoms with E-state index in [1.165, 1.54) is 12.8 Å². The van der Waals surface area contributed by atoms with Crippen LogP contribution in [0.5, 0.6) is 0 Å². The molecule has 1 aliphatic rings. The number of aryl methyl sites for hydroxylation is 1. The van der Waals surface area contributed by atoms with Crippen LogP contribution in [-0.2, 0) is 20.0 Å². The first-order valence-corrected chi connectivity index (χ1v) is 9.80. The van der Waals surface area contributed by atoms with Gasteiger partial charge < -0.3 is 9.88 Å². The van der Waals surface area contributed by atoms with E-state index in [2.05, 4.69) is 41.8 Å². The van der Waals surface area contributed by atoms with Gasteiger partial charge in [-0.2, -0.15) is 0 Å². The normalized spacial score (nSPS) is 18.1. The number of imidazole rings is 1. The van der Waals surface area contributed by atoms with Crippen LogP contribution >= 0.6 is 11.3 Å². The SMILES string of the molecule is Cn1ccnc1CN1CCCC(Cc2cc(Nc3nccs3)ncn2)C1. The molecule has 1 atom stereocenters. The van der Waals surface area contributed by atoms with Gasteiger partial charge in [0, 0.05) is 49.3 Å². The fourth-order valence-corrected chi connectivity index (χ4v) is 4.01. The fourth-order valence-electron chi connectivity index (χ4n) is 3.48. The lowest BCUT2D eigenvalue weighted by molar-refractivity contribution is 0.161. The minimum absolute atomic E-state index is 0.617. The van der Waals surface area contributed by atoms with Crippen LogP contribution in [0.1, 0.15) is 24.4 Å². The van der Waals surface area contributed by atoms with Crippen molar-refractivity contribution in [2.24, 2.45) is 13.0 Å². The molecule has 4 heterocycles. The molecule has 0 aliphatic carbocycles. The molecule has 0 saturated carbocycles. The fraction of sp³-hybridized carbons (Fsp3) is 0.444. The van der Waals surface area contributed by atoms with Gasteiger partial charge in [0.25, 0.3) is 0 Å². The largest absolute Gasteiger partial charge is 0.337 e. The highest BCUT2D eigenvalue weighted by atomic mass is 32.1. The van der Waals surface area contributed by atoms with Gasteiger partial charge in [-0.05, 0) is 31.7 Å². The molecule has 8 heteroatoms. The minimum atomic E-state index is 0.617. The van der Waals surface area contributed by atoms with Crippen molar-refractivity contribution in [2.75, 3.05) is 18.4 Å². The quantitative estimate of drug-likeness (QED) is 0.720. The molecule has 0 amide bonds. The summed E-state index contributed by atoms with van der Waals surface area (Å²) in [5.74, 6) is 2.56. The number of hydrogen-bond donors (Lipinski definition) is 1. The highest BCUT2D eigenvalue weighted by molar-refractivity contribution is 7.13. The lowest BCUT2D eigenvalue weighted by Gasteiger charge is -2.32. The maximum atomic E-state index is 4.47. The molecule has 0 aromatic carbocycles. The topological polar surface area (TPSA) is 71.8 Å². The van der Waals surface area contributed by atoms with Crippen molar-refractivity contribution in [3.63, 3.8) is 0 Å². The van der Waals surface area contributed by atoms with Crippen molar-refractivity contribution >= 4 is 22.3 Å². The van der Waals surface area contributed by atoms with Gasteiger partial charge in [-0.1, -0.05) is 0 Å². The number of aromatic nitrogens is 5. The number of piperidine rings is 1. The Morgan fingerprint density at radius 2 is 2.19 bits per heavy atom. The zero-order valence-corrected chi connectivity index (χ0v) is 15.7. The number of nitrogens with zero attached hydrogens (tertiary/aromatic N) is 6. The van der Waals surface area contributed by atoms with Gasteiger partial charge in [0.05, 0.1) is 6.54 Å².